The molecule has 0 saturated carbocycles. The maximum absolute atomic E-state index is 14.4. The van der Waals surface area contributed by atoms with Crippen LogP contribution in [0.5, 0.6) is 0 Å². The summed E-state index contributed by atoms with van der Waals surface area (Å²) in [5, 5.41) is 3.49. The highest BCUT2D eigenvalue weighted by Gasteiger charge is 2.48. The fraction of sp³-hybridized carbons (Fsp3) is 0.378. The number of hydrogen-bond donors (Lipinski definition) is 2. The van der Waals surface area contributed by atoms with E-state index in [1.54, 1.807) is 18.2 Å². The van der Waals surface area contributed by atoms with Crippen molar-refractivity contribution < 1.29 is 40.5 Å². The van der Waals surface area contributed by atoms with Crippen LogP contribution in [0.3, 0.4) is 0 Å². The van der Waals surface area contributed by atoms with Crippen molar-refractivity contribution in [3.8, 4) is 11.1 Å². The first-order chi connectivity index (χ1) is 30.8. The number of ether oxygens (including phenoxy) is 1. The van der Waals surface area contributed by atoms with Gasteiger partial charge in [-0.25, -0.2) is 31.2 Å². The van der Waals surface area contributed by atoms with E-state index in [0.29, 0.717) is 74.3 Å². The fourth-order valence-corrected chi connectivity index (χ4v) is 10.1. The van der Waals surface area contributed by atoms with Crippen molar-refractivity contribution in [1.29, 1.82) is 0 Å². The number of fused-ring (bicyclic) bond motifs is 1. The summed E-state index contributed by atoms with van der Waals surface area (Å²) >= 11 is 6.10. The third kappa shape index (κ3) is 11.6. The van der Waals surface area contributed by atoms with Crippen molar-refractivity contribution in [2.45, 2.75) is 72.7 Å². The van der Waals surface area contributed by atoms with Gasteiger partial charge in [0.05, 0.1) is 35.5 Å². The molecule has 19 heteroatoms. The van der Waals surface area contributed by atoms with Gasteiger partial charge in [0.1, 0.15) is 22.9 Å². The molecule has 1 atom stereocenters. The minimum atomic E-state index is -6.05. The predicted octanol–water partition coefficient (Wildman–Crippen LogP) is 8.00. The van der Waals surface area contributed by atoms with Crippen LogP contribution in [-0.4, -0.2) is 106 Å². The molecule has 1 saturated heterocycles. The van der Waals surface area contributed by atoms with Gasteiger partial charge in [0.2, 0.25) is 0 Å². The number of benzene rings is 4. The third-order valence-electron chi connectivity index (χ3n) is 11.3. The topological polar surface area (TPSA) is 137 Å². The Morgan fingerprint density at radius 3 is 2.39 bits per heavy atom. The predicted molar refractivity (Wildman–Crippen MR) is 238 cm³/mol. The highest BCUT2D eigenvalue weighted by Crippen LogP contribution is 2.37. The van der Waals surface area contributed by atoms with Crippen molar-refractivity contribution in [2.24, 2.45) is 0 Å². The van der Waals surface area contributed by atoms with Crippen LogP contribution < -0.4 is 10.0 Å². The molecule has 0 unspecified atom stereocenters. The first kappa shape index (κ1) is 45.9. The smallest absolute Gasteiger partial charge is 0.379 e. The lowest BCUT2D eigenvalue weighted by Gasteiger charge is -2.40. The molecule has 4 aromatic carbocycles. The quantitative estimate of drug-likeness (QED) is 0.0878. The molecule has 7 rings (SSSR count). The van der Waals surface area contributed by atoms with Crippen LogP contribution in [0.2, 0.25) is 5.02 Å². The summed E-state index contributed by atoms with van der Waals surface area (Å²) in [7, 11) is -7.14. The standard InChI is InChI=1S/C45H50ClF4N7O5S2/c1-55(2)20-16-36(29-62-28-31-6-4-3-5-7-31)53-41-15-13-38(25-43(41)63(58,59)45(48,49)50)64(60,61)54-44-40-19-23-57(27-42(40)51-30-52-44)37-17-21-56(22-18-37)26-33-24-35(47)12-14-39(33)32-8-10-34(46)11-9-32/h3-15,24-25,30,36-37,53H,16-23,26-29H2,1-2H3,(H,51,52,54)/t36-/m1/s1/i37D. The molecule has 2 N–H and O–H groups in total. The van der Waals surface area contributed by atoms with E-state index < -0.39 is 52.9 Å². The van der Waals surface area contributed by atoms with Gasteiger partial charge in [-0.05, 0) is 124 Å². The summed E-state index contributed by atoms with van der Waals surface area (Å²) < 4.78 is 129. The Kier molecular flexibility index (Phi) is 14.5. The first-order valence-corrected chi connectivity index (χ1v) is 24.0. The van der Waals surface area contributed by atoms with Gasteiger partial charge in [0.25, 0.3) is 19.9 Å². The molecule has 0 radical (unpaired) electrons. The second kappa shape index (κ2) is 20.2. The minimum Gasteiger partial charge on any atom is -0.379 e. The first-order valence-electron chi connectivity index (χ1n) is 21.2. The largest absolute Gasteiger partial charge is 0.501 e. The summed E-state index contributed by atoms with van der Waals surface area (Å²) in [5.41, 5.74) is -1.75. The SMILES string of the molecule is [2H]C1(N2CCc3c(ncnc3NS(=O)(=O)c3ccc(N[C@H](CCN(C)C)COCc4ccccc4)c(S(=O)(=O)C(F)(F)F)c3)C2)CCN(Cc2cc(F)ccc2-c2ccc(Cl)cc2)CC1. The molecule has 64 heavy (non-hydrogen) atoms. The van der Waals surface area contributed by atoms with Crippen LogP contribution in [-0.2, 0) is 50.7 Å². The molecule has 3 heterocycles. The highest BCUT2D eigenvalue weighted by molar-refractivity contribution is 7.93. The van der Waals surface area contributed by atoms with E-state index in [9.17, 15) is 35.8 Å². The van der Waals surface area contributed by atoms with Crippen LogP contribution in [0.15, 0.2) is 107 Å². The molecule has 0 spiro atoms. The van der Waals surface area contributed by atoms with E-state index in [2.05, 4.69) is 24.9 Å². The van der Waals surface area contributed by atoms with Crippen LogP contribution in [0.25, 0.3) is 11.1 Å². The Balaban J connectivity index is 1.05. The number of sulfone groups is 1. The number of halogens is 5. The fourth-order valence-electron chi connectivity index (χ4n) is 7.89. The zero-order valence-corrected chi connectivity index (χ0v) is 37.7. The van der Waals surface area contributed by atoms with Crippen LogP contribution in [0, 0.1) is 5.82 Å². The minimum absolute atomic E-state index is 0.00897. The zero-order chi connectivity index (χ0) is 46.6. The number of anilines is 2. The molecule has 12 nitrogen and oxygen atoms in total. The molecule has 1 aromatic heterocycles. The van der Waals surface area contributed by atoms with Crippen molar-refractivity contribution >= 4 is 43.0 Å². The number of hydrogen-bond acceptors (Lipinski definition) is 11. The molecule has 5 aromatic rings. The second-order valence-electron chi connectivity index (χ2n) is 16.1. The number of nitrogens with zero attached hydrogens (tertiary/aromatic N) is 5. The molecule has 0 aliphatic carbocycles. The number of alkyl halides is 3. The van der Waals surface area contributed by atoms with Gasteiger partial charge in [0.15, 0.2) is 0 Å². The van der Waals surface area contributed by atoms with Gasteiger partial charge in [-0.1, -0.05) is 60.1 Å². The Morgan fingerprint density at radius 2 is 1.69 bits per heavy atom. The Hall–Kier alpha value is -4.69. The van der Waals surface area contributed by atoms with Crippen LogP contribution in [0.1, 0.15) is 43.0 Å². The van der Waals surface area contributed by atoms with Crippen molar-refractivity contribution in [1.82, 2.24) is 24.7 Å². The monoisotopic (exact) mass is 944 g/mol. The van der Waals surface area contributed by atoms with Crippen molar-refractivity contribution in [2.75, 3.05) is 56.9 Å². The zero-order valence-electron chi connectivity index (χ0n) is 36.3. The molecular formula is C45H50ClF4N7O5S2. The molecule has 1 fully saturated rings. The molecule has 0 amide bonds. The van der Waals surface area contributed by atoms with Gasteiger partial charge in [0, 0.05) is 37.6 Å². The van der Waals surface area contributed by atoms with E-state index >= 15 is 0 Å². The molecule has 2 aliphatic rings. The summed E-state index contributed by atoms with van der Waals surface area (Å²) in [6.45, 7) is 2.88. The Morgan fingerprint density at radius 1 is 0.953 bits per heavy atom. The van der Waals surface area contributed by atoms with Gasteiger partial charge >= 0.3 is 5.51 Å². The Bertz CT molecular complexity index is 2680. The molecule has 342 valence electrons. The summed E-state index contributed by atoms with van der Waals surface area (Å²) in [4.78, 5) is 12.6. The summed E-state index contributed by atoms with van der Waals surface area (Å²) in [6.07, 6.45) is 2.72. The number of piperidine rings is 1. The number of rotatable bonds is 17. The van der Waals surface area contributed by atoms with E-state index in [1.807, 2.05) is 66.4 Å². The van der Waals surface area contributed by atoms with Crippen molar-refractivity contribution in [3.05, 3.63) is 131 Å². The second-order valence-corrected chi connectivity index (χ2v) is 20.1. The van der Waals surface area contributed by atoms with E-state index in [-0.39, 0.29) is 37.8 Å². The summed E-state index contributed by atoms with van der Waals surface area (Å²) in [6, 6.07) is 22.2. The third-order valence-corrected chi connectivity index (χ3v) is 14.4. The van der Waals surface area contributed by atoms with E-state index in [0.717, 1.165) is 40.7 Å². The lowest BCUT2D eigenvalue weighted by molar-refractivity contribution is -0.0435. The van der Waals surface area contributed by atoms with Crippen LogP contribution in [0.4, 0.5) is 29.1 Å². The summed E-state index contributed by atoms with van der Waals surface area (Å²) in [5.74, 6) is -0.442. The maximum atomic E-state index is 14.4. The van der Waals surface area contributed by atoms with Gasteiger partial charge in [-0.2, -0.15) is 13.2 Å². The molecule has 2 aliphatic heterocycles. The van der Waals surface area contributed by atoms with Crippen LogP contribution >= 0.6 is 11.6 Å². The highest BCUT2D eigenvalue weighted by atomic mass is 35.5. The average molecular weight is 946 g/mol. The van der Waals surface area contributed by atoms with E-state index in [1.165, 1.54) is 12.1 Å². The maximum Gasteiger partial charge on any atom is 0.501 e. The average Bonchev–Trinajstić information content (AvgIpc) is 3.26. The molecule has 0 bridgehead atoms. The van der Waals surface area contributed by atoms with Gasteiger partial charge < -0.3 is 15.0 Å². The number of sulfonamides is 1. The Labute approximate surface area is 378 Å². The van der Waals surface area contributed by atoms with Crippen molar-refractivity contribution in [3.63, 3.8) is 0 Å². The molecular weight excluding hydrogens is 894 g/mol. The van der Waals surface area contributed by atoms with Gasteiger partial charge in [-0.15, -0.1) is 0 Å². The number of nitrogens with one attached hydrogen (secondary N) is 2. The number of likely N-dealkylation sites (tertiary alicyclic amines) is 1. The lowest BCUT2D eigenvalue weighted by atomic mass is 9.96. The lowest BCUT2D eigenvalue weighted by Crippen LogP contribution is -2.46. The number of aromatic nitrogens is 2. The van der Waals surface area contributed by atoms with Gasteiger partial charge in [-0.3, -0.25) is 14.5 Å². The normalized spacial score (nSPS) is 16.8. The van der Waals surface area contributed by atoms with E-state index in [4.69, 9.17) is 16.3 Å².